The predicted molar refractivity (Wildman–Crippen MR) is 85.3 cm³/mol. The Balaban J connectivity index is 1.88. The molecule has 0 aromatic heterocycles. The third-order valence-electron chi connectivity index (χ3n) is 4.06. The molecule has 1 aromatic rings. The third kappa shape index (κ3) is 4.45. The van der Waals surface area contributed by atoms with Gasteiger partial charge in [0.25, 0.3) is 0 Å². The van der Waals surface area contributed by atoms with Gasteiger partial charge >= 0.3 is 6.09 Å². The van der Waals surface area contributed by atoms with Crippen molar-refractivity contribution in [1.29, 1.82) is 0 Å². The van der Waals surface area contributed by atoms with Crippen LogP contribution in [0.1, 0.15) is 31.7 Å². The largest absolute Gasteiger partial charge is 0.445 e. The number of ether oxygens (including phenoxy) is 1. The summed E-state index contributed by atoms with van der Waals surface area (Å²) < 4.78 is 5.22. The van der Waals surface area contributed by atoms with Gasteiger partial charge in [0.05, 0.1) is 6.04 Å². The lowest BCUT2D eigenvalue weighted by atomic mass is 9.78. The molecule has 0 radical (unpaired) electrons. The summed E-state index contributed by atoms with van der Waals surface area (Å²) in [4.78, 5) is 23.3. The number of nitrogens with one attached hydrogen (secondary N) is 1. The second-order valence-electron chi connectivity index (χ2n) is 5.66. The monoisotopic (exact) mass is 301 g/mol. The molecule has 1 aliphatic carbocycles. The summed E-state index contributed by atoms with van der Waals surface area (Å²) in [5.41, 5.74) is 0.938. The molecular formula is C18H23NO3. The molecule has 22 heavy (non-hydrogen) atoms. The van der Waals surface area contributed by atoms with E-state index in [4.69, 9.17) is 4.74 Å². The number of hydrogen-bond donors (Lipinski definition) is 1. The van der Waals surface area contributed by atoms with E-state index in [2.05, 4.69) is 12.2 Å². The fourth-order valence-corrected chi connectivity index (χ4v) is 2.90. The third-order valence-corrected chi connectivity index (χ3v) is 4.06. The molecule has 0 saturated heterocycles. The standard InChI is InChI=1S/C18H23NO3/c1-2-7-15-10-6-11-17(16(15)12-20)19-18(21)22-13-14-8-4-3-5-9-14/h3-6,8-9,11-12,15-17H,2,7,10,13H2,1H3,(H,19,21). The SMILES string of the molecule is CCCC1CC=CC(NC(=O)OCc2ccccc2)C1C=O. The summed E-state index contributed by atoms with van der Waals surface area (Å²) in [6.45, 7) is 2.34. The Kier molecular flexibility index (Phi) is 6.19. The topological polar surface area (TPSA) is 55.4 Å². The summed E-state index contributed by atoms with van der Waals surface area (Å²) in [5, 5.41) is 2.80. The number of carbonyl (C=O) groups is 2. The van der Waals surface area contributed by atoms with E-state index in [1.54, 1.807) is 0 Å². The number of amides is 1. The van der Waals surface area contributed by atoms with Crippen LogP contribution in [0, 0.1) is 11.8 Å². The quantitative estimate of drug-likeness (QED) is 0.646. The molecule has 1 amide bonds. The van der Waals surface area contributed by atoms with Crippen molar-refractivity contribution in [2.24, 2.45) is 11.8 Å². The molecule has 3 unspecified atom stereocenters. The van der Waals surface area contributed by atoms with Gasteiger partial charge in [-0.15, -0.1) is 0 Å². The van der Waals surface area contributed by atoms with Crippen molar-refractivity contribution in [3.05, 3.63) is 48.0 Å². The van der Waals surface area contributed by atoms with Crippen LogP contribution in [0.3, 0.4) is 0 Å². The zero-order chi connectivity index (χ0) is 15.8. The number of alkyl carbamates (subject to hydrolysis) is 1. The summed E-state index contributed by atoms with van der Waals surface area (Å²) in [6.07, 6.45) is 7.35. The highest BCUT2D eigenvalue weighted by Crippen LogP contribution is 2.28. The molecule has 0 fully saturated rings. The van der Waals surface area contributed by atoms with E-state index in [9.17, 15) is 9.59 Å². The number of rotatable bonds is 6. The van der Waals surface area contributed by atoms with Crippen molar-refractivity contribution in [1.82, 2.24) is 5.32 Å². The maximum atomic E-state index is 11.9. The average molecular weight is 301 g/mol. The van der Waals surface area contributed by atoms with Gasteiger partial charge in [-0.05, 0) is 24.3 Å². The van der Waals surface area contributed by atoms with Crippen molar-refractivity contribution in [3.8, 4) is 0 Å². The van der Waals surface area contributed by atoms with Crippen molar-refractivity contribution >= 4 is 12.4 Å². The van der Waals surface area contributed by atoms with Gasteiger partial charge in [0.15, 0.2) is 0 Å². The number of allylic oxidation sites excluding steroid dienone is 1. The van der Waals surface area contributed by atoms with Crippen LogP contribution in [0.15, 0.2) is 42.5 Å². The van der Waals surface area contributed by atoms with Crippen LogP contribution in [-0.4, -0.2) is 18.4 Å². The van der Waals surface area contributed by atoms with E-state index in [0.29, 0.717) is 5.92 Å². The summed E-state index contributed by atoms with van der Waals surface area (Å²) >= 11 is 0. The van der Waals surface area contributed by atoms with Crippen molar-refractivity contribution < 1.29 is 14.3 Å². The molecule has 1 N–H and O–H groups in total. The van der Waals surface area contributed by atoms with E-state index in [0.717, 1.165) is 31.1 Å². The highest BCUT2D eigenvalue weighted by atomic mass is 16.5. The van der Waals surface area contributed by atoms with Crippen LogP contribution in [0.5, 0.6) is 0 Å². The highest BCUT2D eigenvalue weighted by molar-refractivity contribution is 5.69. The zero-order valence-corrected chi connectivity index (χ0v) is 12.9. The molecule has 3 atom stereocenters. The predicted octanol–water partition coefficient (Wildman–Crippen LogP) is 3.47. The Hall–Kier alpha value is -2.10. The average Bonchev–Trinajstić information content (AvgIpc) is 2.54. The second kappa shape index (κ2) is 8.37. The second-order valence-corrected chi connectivity index (χ2v) is 5.66. The van der Waals surface area contributed by atoms with Gasteiger partial charge in [-0.3, -0.25) is 0 Å². The Morgan fingerprint density at radius 2 is 2.14 bits per heavy atom. The van der Waals surface area contributed by atoms with Crippen LogP contribution in [0.2, 0.25) is 0 Å². The van der Waals surface area contributed by atoms with Gasteiger partial charge in [-0.1, -0.05) is 55.8 Å². The number of aldehydes is 1. The molecule has 1 aliphatic rings. The van der Waals surface area contributed by atoms with E-state index in [1.807, 2.05) is 42.5 Å². The highest BCUT2D eigenvalue weighted by Gasteiger charge is 2.30. The Morgan fingerprint density at radius 1 is 1.36 bits per heavy atom. The van der Waals surface area contributed by atoms with Crippen LogP contribution in [0.4, 0.5) is 4.79 Å². The van der Waals surface area contributed by atoms with Crippen molar-refractivity contribution in [2.75, 3.05) is 0 Å². The van der Waals surface area contributed by atoms with E-state index >= 15 is 0 Å². The first-order valence-electron chi connectivity index (χ1n) is 7.83. The van der Waals surface area contributed by atoms with Crippen LogP contribution < -0.4 is 5.32 Å². The molecule has 118 valence electrons. The van der Waals surface area contributed by atoms with Gasteiger partial charge in [0, 0.05) is 5.92 Å². The summed E-state index contributed by atoms with van der Waals surface area (Å²) in [5.74, 6) is 0.126. The lowest BCUT2D eigenvalue weighted by Gasteiger charge is -2.31. The van der Waals surface area contributed by atoms with Crippen LogP contribution in [-0.2, 0) is 16.1 Å². The van der Waals surface area contributed by atoms with Crippen LogP contribution in [0.25, 0.3) is 0 Å². The zero-order valence-electron chi connectivity index (χ0n) is 12.9. The molecule has 0 saturated carbocycles. The molecular weight excluding hydrogens is 278 g/mol. The van der Waals surface area contributed by atoms with E-state index in [1.165, 1.54) is 0 Å². The smallest absolute Gasteiger partial charge is 0.407 e. The molecule has 0 aliphatic heterocycles. The molecule has 4 nitrogen and oxygen atoms in total. The first-order valence-corrected chi connectivity index (χ1v) is 7.83. The number of benzene rings is 1. The number of carbonyl (C=O) groups excluding carboxylic acids is 2. The van der Waals surface area contributed by atoms with Gasteiger partial charge in [0.1, 0.15) is 12.9 Å². The van der Waals surface area contributed by atoms with Crippen molar-refractivity contribution in [2.45, 2.75) is 38.8 Å². The fraction of sp³-hybridized carbons (Fsp3) is 0.444. The first kappa shape index (κ1) is 16.3. The molecule has 1 aromatic carbocycles. The normalized spacial score (nSPS) is 23.8. The van der Waals surface area contributed by atoms with Crippen LogP contribution >= 0.6 is 0 Å². The molecule has 2 rings (SSSR count). The minimum absolute atomic E-state index is 0.172. The van der Waals surface area contributed by atoms with E-state index < -0.39 is 6.09 Å². The minimum Gasteiger partial charge on any atom is -0.445 e. The lowest BCUT2D eigenvalue weighted by Crippen LogP contribution is -2.44. The van der Waals surface area contributed by atoms with Crippen molar-refractivity contribution in [3.63, 3.8) is 0 Å². The molecule has 0 spiro atoms. The van der Waals surface area contributed by atoms with Gasteiger partial charge in [0.2, 0.25) is 0 Å². The summed E-state index contributed by atoms with van der Waals surface area (Å²) in [7, 11) is 0. The molecule has 0 heterocycles. The minimum atomic E-state index is -0.484. The maximum absolute atomic E-state index is 11.9. The first-order chi connectivity index (χ1) is 10.7. The lowest BCUT2D eigenvalue weighted by molar-refractivity contribution is -0.113. The van der Waals surface area contributed by atoms with E-state index in [-0.39, 0.29) is 18.6 Å². The van der Waals surface area contributed by atoms with Gasteiger partial charge < -0.3 is 14.8 Å². The molecule has 0 bridgehead atoms. The van der Waals surface area contributed by atoms with Gasteiger partial charge in [-0.25, -0.2) is 4.79 Å². The Labute approximate surface area is 131 Å². The Morgan fingerprint density at radius 3 is 2.82 bits per heavy atom. The Bertz CT molecular complexity index is 512. The molecule has 4 heteroatoms. The van der Waals surface area contributed by atoms with Gasteiger partial charge in [-0.2, -0.15) is 0 Å². The number of hydrogen-bond acceptors (Lipinski definition) is 3. The maximum Gasteiger partial charge on any atom is 0.407 e. The fourth-order valence-electron chi connectivity index (χ4n) is 2.90. The summed E-state index contributed by atoms with van der Waals surface area (Å²) in [6, 6.07) is 9.25.